The van der Waals surface area contributed by atoms with Crippen LogP contribution in [0.1, 0.15) is 54.3 Å². The lowest BCUT2D eigenvalue weighted by Gasteiger charge is -2.34. The molecule has 0 fully saturated rings. The summed E-state index contributed by atoms with van der Waals surface area (Å²) >= 11 is 0. The first-order valence-electron chi connectivity index (χ1n) is 8.33. The zero-order valence-electron chi connectivity index (χ0n) is 13.9. The van der Waals surface area contributed by atoms with Crippen LogP contribution in [0.5, 0.6) is 0 Å². The van der Waals surface area contributed by atoms with Gasteiger partial charge in [0.1, 0.15) is 6.26 Å². The molecule has 6 nitrogen and oxygen atoms in total. The molecule has 1 N–H and O–H groups in total. The SMILES string of the molecule is CC(C)c1nc(CN2CCc3[nH]cnc3[C@H]2c2cccnc2)co1. The molecular weight excluding hydrogens is 302 g/mol. The van der Waals surface area contributed by atoms with Crippen molar-refractivity contribution in [1.82, 2.24) is 24.8 Å². The topological polar surface area (TPSA) is 70.8 Å². The number of hydrogen-bond donors (Lipinski definition) is 1. The Morgan fingerprint density at radius 2 is 2.33 bits per heavy atom. The van der Waals surface area contributed by atoms with Crippen LogP contribution >= 0.6 is 0 Å². The van der Waals surface area contributed by atoms with Crippen LogP contribution in [-0.2, 0) is 13.0 Å². The lowest BCUT2D eigenvalue weighted by Crippen LogP contribution is -2.36. The standard InChI is InChI=1S/C18H21N5O/c1-12(2)18-22-14(10-24-18)9-23-7-5-15-16(21-11-20-15)17(23)13-4-3-6-19-8-13/h3-4,6,8,10-12,17H,5,7,9H2,1-2H3,(H,20,21)/t17-/m1/s1. The van der Waals surface area contributed by atoms with Crippen LogP contribution in [0.2, 0.25) is 0 Å². The van der Waals surface area contributed by atoms with Crippen molar-refractivity contribution < 1.29 is 4.42 Å². The van der Waals surface area contributed by atoms with E-state index >= 15 is 0 Å². The van der Waals surface area contributed by atoms with Crippen LogP contribution in [0.25, 0.3) is 0 Å². The van der Waals surface area contributed by atoms with Gasteiger partial charge in [-0.05, 0) is 11.6 Å². The smallest absolute Gasteiger partial charge is 0.196 e. The van der Waals surface area contributed by atoms with Gasteiger partial charge in [-0.25, -0.2) is 9.97 Å². The molecule has 0 aromatic carbocycles. The van der Waals surface area contributed by atoms with Crippen molar-refractivity contribution in [2.75, 3.05) is 6.54 Å². The minimum atomic E-state index is 0.0906. The highest BCUT2D eigenvalue weighted by atomic mass is 16.3. The second-order valence-electron chi connectivity index (χ2n) is 6.51. The van der Waals surface area contributed by atoms with Gasteiger partial charge in [0.15, 0.2) is 5.89 Å². The summed E-state index contributed by atoms with van der Waals surface area (Å²) < 4.78 is 5.59. The second kappa shape index (κ2) is 6.20. The highest BCUT2D eigenvalue weighted by Crippen LogP contribution is 2.33. The Morgan fingerprint density at radius 3 is 3.08 bits per heavy atom. The molecular formula is C18H21N5O. The molecule has 3 aromatic rings. The monoisotopic (exact) mass is 323 g/mol. The molecule has 0 saturated heterocycles. The van der Waals surface area contributed by atoms with Crippen molar-refractivity contribution in [3.63, 3.8) is 0 Å². The summed E-state index contributed by atoms with van der Waals surface area (Å²) in [5.74, 6) is 1.09. The maximum atomic E-state index is 5.59. The highest BCUT2D eigenvalue weighted by molar-refractivity contribution is 5.31. The molecule has 0 spiro atoms. The summed E-state index contributed by atoms with van der Waals surface area (Å²) in [6, 6.07) is 4.17. The lowest BCUT2D eigenvalue weighted by molar-refractivity contribution is 0.197. The Balaban J connectivity index is 1.66. The number of imidazole rings is 1. The zero-order chi connectivity index (χ0) is 16.5. The van der Waals surface area contributed by atoms with Gasteiger partial charge in [-0.15, -0.1) is 0 Å². The zero-order valence-corrected chi connectivity index (χ0v) is 13.9. The first-order chi connectivity index (χ1) is 11.7. The third kappa shape index (κ3) is 2.73. The fourth-order valence-electron chi connectivity index (χ4n) is 3.27. The van der Waals surface area contributed by atoms with Crippen LogP contribution in [-0.4, -0.2) is 31.4 Å². The van der Waals surface area contributed by atoms with Crippen molar-refractivity contribution in [3.8, 4) is 0 Å². The third-order valence-corrected chi connectivity index (χ3v) is 4.45. The lowest BCUT2D eigenvalue weighted by atomic mass is 9.96. The van der Waals surface area contributed by atoms with Crippen LogP contribution in [0, 0.1) is 0 Å². The maximum Gasteiger partial charge on any atom is 0.196 e. The second-order valence-corrected chi connectivity index (χ2v) is 6.51. The number of fused-ring (bicyclic) bond motifs is 1. The summed E-state index contributed by atoms with van der Waals surface area (Å²) in [5, 5.41) is 0. The van der Waals surface area contributed by atoms with Gasteiger partial charge in [0.2, 0.25) is 0 Å². The van der Waals surface area contributed by atoms with Gasteiger partial charge >= 0.3 is 0 Å². The van der Waals surface area contributed by atoms with E-state index < -0.39 is 0 Å². The Bertz CT molecular complexity index is 808. The quantitative estimate of drug-likeness (QED) is 0.799. The number of aromatic amines is 1. The average molecular weight is 323 g/mol. The van der Waals surface area contributed by atoms with Crippen molar-refractivity contribution in [2.24, 2.45) is 0 Å². The predicted molar refractivity (Wildman–Crippen MR) is 89.4 cm³/mol. The van der Waals surface area contributed by atoms with E-state index in [1.54, 1.807) is 18.8 Å². The minimum Gasteiger partial charge on any atom is -0.448 e. The molecule has 0 saturated carbocycles. The van der Waals surface area contributed by atoms with Crippen LogP contribution < -0.4 is 0 Å². The van der Waals surface area contributed by atoms with E-state index in [1.165, 1.54) is 5.69 Å². The summed E-state index contributed by atoms with van der Waals surface area (Å²) in [7, 11) is 0. The van der Waals surface area contributed by atoms with Crippen molar-refractivity contribution in [3.05, 3.63) is 65.7 Å². The number of nitrogens with zero attached hydrogens (tertiary/aromatic N) is 4. The maximum absolute atomic E-state index is 5.59. The predicted octanol–water partition coefficient (Wildman–Crippen LogP) is 3.06. The molecule has 0 amide bonds. The van der Waals surface area contributed by atoms with E-state index in [-0.39, 0.29) is 6.04 Å². The summed E-state index contributed by atoms with van der Waals surface area (Å²) in [5.41, 5.74) is 4.41. The van der Waals surface area contributed by atoms with E-state index in [0.29, 0.717) is 5.92 Å². The van der Waals surface area contributed by atoms with E-state index in [2.05, 4.69) is 44.7 Å². The van der Waals surface area contributed by atoms with Gasteiger partial charge in [-0.1, -0.05) is 19.9 Å². The number of H-pyrrole nitrogens is 1. The van der Waals surface area contributed by atoms with Gasteiger partial charge in [0, 0.05) is 43.5 Å². The number of pyridine rings is 1. The van der Waals surface area contributed by atoms with Crippen LogP contribution in [0.4, 0.5) is 0 Å². The Kier molecular flexibility index (Phi) is 3.90. The van der Waals surface area contributed by atoms with Crippen molar-refractivity contribution >= 4 is 0 Å². The van der Waals surface area contributed by atoms with Crippen LogP contribution in [0.3, 0.4) is 0 Å². The minimum absolute atomic E-state index is 0.0906. The number of rotatable bonds is 4. The summed E-state index contributed by atoms with van der Waals surface area (Å²) in [6.07, 6.45) is 8.24. The molecule has 24 heavy (non-hydrogen) atoms. The molecule has 1 aliphatic heterocycles. The number of oxazole rings is 1. The fourth-order valence-corrected chi connectivity index (χ4v) is 3.27. The van der Waals surface area contributed by atoms with Crippen LogP contribution in [0.15, 0.2) is 41.5 Å². The molecule has 1 atom stereocenters. The van der Waals surface area contributed by atoms with Crippen molar-refractivity contribution in [1.29, 1.82) is 0 Å². The largest absolute Gasteiger partial charge is 0.448 e. The molecule has 0 bridgehead atoms. The average Bonchev–Trinajstić information content (AvgIpc) is 3.24. The molecule has 4 rings (SSSR count). The fraction of sp³-hybridized carbons (Fsp3) is 0.389. The molecule has 4 heterocycles. The van der Waals surface area contributed by atoms with E-state index in [9.17, 15) is 0 Å². The van der Waals surface area contributed by atoms with Gasteiger partial charge in [-0.2, -0.15) is 0 Å². The number of hydrogen-bond acceptors (Lipinski definition) is 5. The molecule has 0 aliphatic carbocycles. The molecule has 1 aliphatic rings. The molecule has 0 unspecified atom stereocenters. The summed E-state index contributed by atoms with van der Waals surface area (Å²) in [6.45, 7) is 5.86. The molecule has 6 heteroatoms. The normalized spacial score (nSPS) is 18.0. The molecule has 124 valence electrons. The van der Waals surface area contributed by atoms with Gasteiger partial charge in [-0.3, -0.25) is 9.88 Å². The van der Waals surface area contributed by atoms with E-state index in [0.717, 1.165) is 42.4 Å². The molecule has 3 aromatic heterocycles. The first-order valence-corrected chi connectivity index (χ1v) is 8.33. The number of nitrogens with one attached hydrogen (secondary N) is 1. The van der Waals surface area contributed by atoms with E-state index in [1.807, 2.05) is 12.3 Å². The molecule has 0 radical (unpaired) electrons. The van der Waals surface area contributed by atoms with Gasteiger partial charge < -0.3 is 9.40 Å². The van der Waals surface area contributed by atoms with Crippen molar-refractivity contribution in [2.45, 2.75) is 38.8 Å². The Morgan fingerprint density at radius 1 is 1.42 bits per heavy atom. The highest BCUT2D eigenvalue weighted by Gasteiger charge is 2.31. The Labute approximate surface area is 141 Å². The Hall–Kier alpha value is -2.47. The van der Waals surface area contributed by atoms with Gasteiger partial charge in [0.25, 0.3) is 0 Å². The summed E-state index contributed by atoms with van der Waals surface area (Å²) in [4.78, 5) is 19.1. The number of aromatic nitrogens is 4. The first kappa shape index (κ1) is 15.1. The van der Waals surface area contributed by atoms with E-state index in [4.69, 9.17) is 4.42 Å². The van der Waals surface area contributed by atoms with Gasteiger partial charge in [0.05, 0.1) is 23.8 Å². The third-order valence-electron chi connectivity index (χ3n) is 4.45.